The molecule has 0 aliphatic heterocycles. The maximum atomic E-state index is 12.6. The highest BCUT2D eigenvalue weighted by atomic mass is 19.1. The molecule has 1 fully saturated rings. The van der Waals surface area contributed by atoms with E-state index in [2.05, 4.69) is 0 Å². The average Bonchev–Trinajstić information content (AvgIpc) is 1.83. The fourth-order valence-electron chi connectivity index (χ4n) is 1.33. The fourth-order valence-corrected chi connectivity index (χ4v) is 1.33. The summed E-state index contributed by atoms with van der Waals surface area (Å²) >= 11 is 0. The molecule has 0 aromatic carbocycles. The van der Waals surface area contributed by atoms with E-state index >= 15 is 0 Å². The van der Waals surface area contributed by atoms with E-state index in [1.807, 2.05) is 6.92 Å². The van der Waals surface area contributed by atoms with Gasteiger partial charge >= 0.3 is 0 Å². The highest BCUT2D eigenvalue weighted by Gasteiger charge is 2.28. The lowest BCUT2D eigenvalue weighted by atomic mass is 9.87. The number of halogens is 1. The average molecular weight is 132 g/mol. The lowest BCUT2D eigenvalue weighted by molar-refractivity contribution is 0.00544. The van der Waals surface area contributed by atoms with Crippen molar-refractivity contribution in [2.24, 2.45) is 5.92 Å². The lowest BCUT2D eigenvalue weighted by Gasteiger charge is -2.27. The van der Waals surface area contributed by atoms with Crippen LogP contribution in [0.3, 0.4) is 0 Å². The van der Waals surface area contributed by atoms with Gasteiger partial charge in [-0.05, 0) is 18.8 Å². The van der Waals surface area contributed by atoms with Crippen LogP contribution in [0, 0.1) is 5.92 Å². The first-order valence-corrected chi connectivity index (χ1v) is 3.54. The SMILES string of the molecule is CC1CCCC(F)C1O. The van der Waals surface area contributed by atoms with Gasteiger partial charge < -0.3 is 5.11 Å². The highest BCUT2D eigenvalue weighted by molar-refractivity contribution is 4.78. The molecule has 1 aliphatic carbocycles. The largest absolute Gasteiger partial charge is 0.390 e. The third-order valence-electron chi connectivity index (χ3n) is 2.09. The van der Waals surface area contributed by atoms with Gasteiger partial charge in [0.15, 0.2) is 0 Å². The molecule has 3 unspecified atom stereocenters. The van der Waals surface area contributed by atoms with Crippen LogP contribution in [0.2, 0.25) is 0 Å². The third-order valence-corrected chi connectivity index (χ3v) is 2.09. The van der Waals surface area contributed by atoms with E-state index in [0.29, 0.717) is 6.42 Å². The molecule has 1 rings (SSSR count). The van der Waals surface area contributed by atoms with Gasteiger partial charge in [0, 0.05) is 0 Å². The van der Waals surface area contributed by atoms with Gasteiger partial charge in [0.05, 0.1) is 6.10 Å². The molecule has 0 spiro atoms. The summed E-state index contributed by atoms with van der Waals surface area (Å²) in [6.07, 6.45) is 0.791. The lowest BCUT2D eigenvalue weighted by Crippen LogP contribution is -2.32. The Morgan fingerprint density at radius 1 is 1.44 bits per heavy atom. The van der Waals surface area contributed by atoms with Crippen molar-refractivity contribution < 1.29 is 9.50 Å². The molecule has 0 amide bonds. The zero-order chi connectivity index (χ0) is 6.85. The van der Waals surface area contributed by atoms with E-state index in [1.165, 1.54) is 0 Å². The van der Waals surface area contributed by atoms with Crippen molar-refractivity contribution in [1.82, 2.24) is 0 Å². The van der Waals surface area contributed by atoms with Crippen molar-refractivity contribution in [3.8, 4) is 0 Å². The van der Waals surface area contributed by atoms with Gasteiger partial charge in [0.25, 0.3) is 0 Å². The minimum Gasteiger partial charge on any atom is -0.390 e. The first-order chi connectivity index (χ1) is 4.22. The van der Waals surface area contributed by atoms with Gasteiger partial charge in [-0.3, -0.25) is 0 Å². The predicted molar refractivity (Wildman–Crippen MR) is 33.9 cm³/mol. The quantitative estimate of drug-likeness (QED) is 0.529. The third kappa shape index (κ3) is 1.42. The van der Waals surface area contributed by atoms with Crippen molar-refractivity contribution in [3.05, 3.63) is 0 Å². The summed E-state index contributed by atoms with van der Waals surface area (Å²) in [4.78, 5) is 0. The second-order valence-corrected chi connectivity index (χ2v) is 2.91. The van der Waals surface area contributed by atoms with Crippen LogP contribution in [0.25, 0.3) is 0 Å². The molecule has 0 heterocycles. The van der Waals surface area contributed by atoms with E-state index in [4.69, 9.17) is 5.11 Å². The van der Waals surface area contributed by atoms with E-state index in [0.717, 1.165) is 12.8 Å². The topological polar surface area (TPSA) is 20.2 Å². The van der Waals surface area contributed by atoms with Gasteiger partial charge in [-0.25, -0.2) is 4.39 Å². The van der Waals surface area contributed by atoms with Gasteiger partial charge in [0.2, 0.25) is 0 Å². The fraction of sp³-hybridized carbons (Fsp3) is 1.00. The Balaban J connectivity index is 2.41. The Morgan fingerprint density at radius 2 is 2.11 bits per heavy atom. The number of alkyl halides is 1. The molecule has 1 N–H and O–H groups in total. The molecule has 0 aromatic rings. The second-order valence-electron chi connectivity index (χ2n) is 2.91. The molecule has 3 atom stereocenters. The summed E-state index contributed by atoms with van der Waals surface area (Å²) in [6.45, 7) is 1.90. The molecule has 0 bridgehead atoms. The van der Waals surface area contributed by atoms with Crippen molar-refractivity contribution >= 4 is 0 Å². The predicted octanol–water partition coefficient (Wildman–Crippen LogP) is 1.51. The summed E-state index contributed by atoms with van der Waals surface area (Å²) in [7, 11) is 0. The Morgan fingerprint density at radius 3 is 2.56 bits per heavy atom. The Bertz CT molecular complexity index is 84.9. The summed E-state index contributed by atoms with van der Waals surface area (Å²) in [5, 5.41) is 9.07. The van der Waals surface area contributed by atoms with Gasteiger partial charge in [-0.15, -0.1) is 0 Å². The van der Waals surface area contributed by atoms with E-state index in [1.54, 1.807) is 0 Å². The molecule has 1 nitrogen and oxygen atoms in total. The van der Waals surface area contributed by atoms with Gasteiger partial charge in [-0.1, -0.05) is 13.3 Å². The summed E-state index contributed by atoms with van der Waals surface area (Å²) in [6, 6.07) is 0. The zero-order valence-corrected chi connectivity index (χ0v) is 5.68. The maximum absolute atomic E-state index is 12.6. The van der Waals surface area contributed by atoms with Crippen LogP contribution in [0.5, 0.6) is 0 Å². The van der Waals surface area contributed by atoms with Crippen LogP contribution in [-0.4, -0.2) is 17.4 Å². The molecule has 2 heteroatoms. The maximum Gasteiger partial charge on any atom is 0.126 e. The van der Waals surface area contributed by atoms with Crippen molar-refractivity contribution in [1.29, 1.82) is 0 Å². The first kappa shape index (κ1) is 7.00. The van der Waals surface area contributed by atoms with Gasteiger partial charge in [0.1, 0.15) is 6.17 Å². The second kappa shape index (κ2) is 2.65. The molecular formula is C7H13FO. The van der Waals surface area contributed by atoms with Crippen LogP contribution in [0.4, 0.5) is 4.39 Å². The minimum absolute atomic E-state index is 0.161. The molecular weight excluding hydrogens is 119 g/mol. The van der Waals surface area contributed by atoms with E-state index in [-0.39, 0.29) is 5.92 Å². The Hall–Kier alpha value is -0.110. The first-order valence-electron chi connectivity index (χ1n) is 3.54. The van der Waals surface area contributed by atoms with E-state index in [9.17, 15) is 4.39 Å². The molecule has 1 saturated carbocycles. The standard InChI is InChI=1S/C7H13FO/c1-5-3-2-4-6(8)7(5)9/h5-7,9H,2-4H2,1H3. The van der Waals surface area contributed by atoms with Crippen LogP contribution < -0.4 is 0 Å². The van der Waals surface area contributed by atoms with Crippen LogP contribution in [0.1, 0.15) is 26.2 Å². The van der Waals surface area contributed by atoms with Crippen molar-refractivity contribution in [3.63, 3.8) is 0 Å². The monoisotopic (exact) mass is 132 g/mol. The van der Waals surface area contributed by atoms with Crippen LogP contribution >= 0.6 is 0 Å². The normalized spacial score (nSPS) is 45.0. The number of rotatable bonds is 0. The Kier molecular flexibility index (Phi) is 2.06. The van der Waals surface area contributed by atoms with Crippen LogP contribution in [-0.2, 0) is 0 Å². The number of aliphatic hydroxyl groups is 1. The number of aliphatic hydroxyl groups excluding tert-OH is 1. The summed E-state index contributed by atoms with van der Waals surface area (Å²) in [5.41, 5.74) is 0. The minimum atomic E-state index is -0.964. The molecule has 0 aromatic heterocycles. The van der Waals surface area contributed by atoms with Gasteiger partial charge in [-0.2, -0.15) is 0 Å². The van der Waals surface area contributed by atoms with Crippen molar-refractivity contribution in [2.45, 2.75) is 38.5 Å². The van der Waals surface area contributed by atoms with Crippen LogP contribution in [0.15, 0.2) is 0 Å². The van der Waals surface area contributed by atoms with E-state index < -0.39 is 12.3 Å². The molecule has 0 saturated heterocycles. The summed E-state index contributed by atoms with van der Waals surface area (Å²) in [5.74, 6) is 0.161. The molecule has 54 valence electrons. The summed E-state index contributed by atoms with van der Waals surface area (Å²) < 4.78 is 12.6. The molecule has 1 aliphatic rings. The Labute approximate surface area is 54.9 Å². The van der Waals surface area contributed by atoms with Crippen molar-refractivity contribution in [2.75, 3.05) is 0 Å². The number of hydrogen-bond donors (Lipinski definition) is 1. The number of hydrogen-bond acceptors (Lipinski definition) is 1. The smallest absolute Gasteiger partial charge is 0.126 e. The molecule has 0 radical (unpaired) electrons. The highest BCUT2D eigenvalue weighted by Crippen LogP contribution is 2.25. The molecule has 9 heavy (non-hydrogen) atoms. The zero-order valence-electron chi connectivity index (χ0n) is 5.68.